The fraction of sp³-hybridized carbons (Fsp3) is 0.522. The van der Waals surface area contributed by atoms with Crippen LogP contribution >= 0.6 is 6.64 Å². The molecule has 6 atom stereocenters. The number of hydrogen-bond acceptors (Lipinski definition) is 10. The zero-order valence-electron chi connectivity index (χ0n) is 20.9. The van der Waals surface area contributed by atoms with Crippen molar-refractivity contribution in [2.75, 3.05) is 6.61 Å². The summed E-state index contributed by atoms with van der Waals surface area (Å²) in [5, 5.41) is 24.8. The molecule has 0 spiro atoms. The number of aliphatic hydroxyl groups is 2. The van der Waals surface area contributed by atoms with Crippen LogP contribution in [-0.2, 0) is 30.6 Å². The van der Waals surface area contributed by atoms with E-state index in [1.807, 2.05) is 0 Å². The molecule has 1 aromatic carbocycles. The Labute approximate surface area is 218 Å². The molecule has 6 unspecified atom stereocenters. The molecule has 2 heterocycles. The number of benzene rings is 1. The summed E-state index contributed by atoms with van der Waals surface area (Å²) in [7, 11) is 0. The Balaban J connectivity index is 1.77. The van der Waals surface area contributed by atoms with E-state index in [1.54, 1.807) is 51.1 Å². The summed E-state index contributed by atoms with van der Waals surface area (Å²) in [6, 6.07) is 9.31. The first-order chi connectivity index (χ1) is 17.3. The number of nitrogens with one attached hydrogen (secondary N) is 2. The third kappa shape index (κ3) is 7.57. The van der Waals surface area contributed by atoms with Gasteiger partial charge in [-0.1, -0.05) is 18.2 Å². The van der Waals surface area contributed by atoms with Crippen molar-refractivity contribution in [1.29, 1.82) is 0 Å². The molecule has 1 aliphatic heterocycles. The Hall–Kier alpha value is -2.38. The van der Waals surface area contributed by atoms with Crippen LogP contribution in [-0.4, -0.2) is 62.3 Å². The normalized spacial score (nSPS) is 26.0. The van der Waals surface area contributed by atoms with E-state index < -0.39 is 53.9 Å². The molecule has 1 aliphatic rings. The average molecular weight is 558 g/mol. The minimum Gasteiger partial charge on any atom is -0.463 e. The van der Waals surface area contributed by atoms with Gasteiger partial charge in [0.1, 0.15) is 23.6 Å². The molecule has 3 rings (SSSR count). The number of ether oxygens (including phenoxy) is 2. The summed E-state index contributed by atoms with van der Waals surface area (Å²) < 4.78 is 23.9. The van der Waals surface area contributed by atoms with Gasteiger partial charge in [0.15, 0.2) is 6.23 Å². The Morgan fingerprint density at radius 3 is 2.57 bits per heavy atom. The lowest BCUT2D eigenvalue weighted by atomic mass is 9.96. The SMILES string of the molecule is CC(CC(=O)OC(C)C)NP(=S)(OCC1OC(n2ccc(=O)[nH]c2=O)C(C)(O)C1O)Oc1ccccc1. The van der Waals surface area contributed by atoms with E-state index in [2.05, 4.69) is 10.1 Å². The predicted octanol–water partition coefficient (Wildman–Crippen LogP) is 1.19. The van der Waals surface area contributed by atoms with Crippen LogP contribution in [0.3, 0.4) is 0 Å². The van der Waals surface area contributed by atoms with Crippen molar-refractivity contribution in [2.24, 2.45) is 0 Å². The number of nitrogens with zero attached hydrogens (tertiary/aromatic N) is 1. The number of aromatic nitrogens is 2. The molecule has 0 radical (unpaired) electrons. The molecule has 204 valence electrons. The van der Waals surface area contributed by atoms with E-state index >= 15 is 0 Å². The van der Waals surface area contributed by atoms with Crippen LogP contribution in [0.2, 0.25) is 0 Å². The van der Waals surface area contributed by atoms with Crippen LogP contribution in [0.15, 0.2) is 52.2 Å². The average Bonchev–Trinajstić information content (AvgIpc) is 3.01. The molecule has 2 aromatic rings. The minimum absolute atomic E-state index is 0.00649. The number of aliphatic hydroxyl groups excluding tert-OH is 1. The molecule has 37 heavy (non-hydrogen) atoms. The van der Waals surface area contributed by atoms with Gasteiger partial charge in [0, 0.05) is 18.3 Å². The van der Waals surface area contributed by atoms with Crippen molar-refractivity contribution < 1.29 is 33.5 Å². The molecule has 1 saturated heterocycles. The lowest BCUT2D eigenvalue weighted by molar-refractivity contribution is -0.147. The van der Waals surface area contributed by atoms with E-state index in [4.69, 9.17) is 30.3 Å². The number of carbonyl (C=O) groups is 1. The summed E-state index contributed by atoms with van der Waals surface area (Å²) >= 11 is 5.70. The first kappa shape index (κ1) is 29.2. The Kier molecular flexibility index (Phi) is 9.46. The van der Waals surface area contributed by atoms with E-state index in [-0.39, 0.29) is 19.1 Å². The van der Waals surface area contributed by atoms with Gasteiger partial charge in [-0.2, -0.15) is 0 Å². The second kappa shape index (κ2) is 12.0. The topological polar surface area (TPSA) is 161 Å². The van der Waals surface area contributed by atoms with Gasteiger partial charge >= 0.3 is 18.3 Å². The van der Waals surface area contributed by atoms with Crippen molar-refractivity contribution >= 4 is 24.4 Å². The lowest BCUT2D eigenvalue weighted by Gasteiger charge is -2.29. The largest absolute Gasteiger partial charge is 0.463 e. The first-order valence-electron chi connectivity index (χ1n) is 11.6. The van der Waals surface area contributed by atoms with E-state index in [9.17, 15) is 24.6 Å². The highest BCUT2D eigenvalue weighted by Crippen LogP contribution is 2.47. The van der Waals surface area contributed by atoms with Crippen LogP contribution < -0.4 is 20.9 Å². The lowest BCUT2D eigenvalue weighted by Crippen LogP contribution is -2.47. The molecular formula is C23H32N3O9PS. The molecule has 1 aromatic heterocycles. The van der Waals surface area contributed by atoms with Crippen LogP contribution in [0, 0.1) is 0 Å². The van der Waals surface area contributed by atoms with Crippen molar-refractivity contribution in [3.63, 3.8) is 0 Å². The predicted molar refractivity (Wildman–Crippen MR) is 138 cm³/mol. The minimum atomic E-state index is -3.33. The van der Waals surface area contributed by atoms with Crippen molar-refractivity contribution in [2.45, 2.75) is 70.3 Å². The number of carbonyl (C=O) groups excluding carboxylic acids is 1. The van der Waals surface area contributed by atoms with Crippen LogP contribution in [0.1, 0.15) is 40.3 Å². The fourth-order valence-electron chi connectivity index (χ4n) is 3.75. The highest BCUT2D eigenvalue weighted by Gasteiger charge is 2.53. The van der Waals surface area contributed by atoms with Crippen molar-refractivity contribution in [1.82, 2.24) is 14.6 Å². The van der Waals surface area contributed by atoms with E-state index in [0.29, 0.717) is 5.75 Å². The van der Waals surface area contributed by atoms with Crippen LogP contribution in [0.5, 0.6) is 5.75 Å². The van der Waals surface area contributed by atoms with E-state index in [0.717, 1.165) is 10.6 Å². The summed E-state index contributed by atoms with van der Waals surface area (Å²) in [5.41, 5.74) is -3.33. The highest BCUT2D eigenvalue weighted by atomic mass is 32.5. The summed E-state index contributed by atoms with van der Waals surface area (Å²) in [6.07, 6.45) is -2.99. The number of aromatic amines is 1. The van der Waals surface area contributed by atoms with Gasteiger partial charge in [0.2, 0.25) is 0 Å². The van der Waals surface area contributed by atoms with Gasteiger partial charge in [0.25, 0.3) is 5.56 Å². The number of esters is 1. The quantitative estimate of drug-likeness (QED) is 0.232. The second-order valence-electron chi connectivity index (χ2n) is 9.19. The molecular weight excluding hydrogens is 525 g/mol. The maximum absolute atomic E-state index is 12.2. The molecule has 12 nitrogen and oxygen atoms in total. The second-order valence-corrected chi connectivity index (χ2v) is 12.3. The van der Waals surface area contributed by atoms with Gasteiger partial charge in [-0.25, -0.2) is 9.88 Å². The number of para-hydroxylation sites is 1. The fourth-order valence-corrected chi connectivity index (χ4v) is 6.28. The van der Waals surface area contributed by atoms with E-state index in [1.165, 1.54) is 13.1 Å². The maximum atomic E-state index is 12.2. The third-order valence-corrected chi connectivity index (χ3v) is 8.01. The molecule has 14 heteroatoms. The standard InChI is InChI=1S/C23H32N3O9PS/c1-14(2)33-19(28)12-15(3)25-36(37,35-16-8-6-5-7-9-16)32-13-17-20(29)23(4,31)21(34-17)26-11-10-18(27)24-22(26)30/h5-11,14-15,17,20-21,29,31H,12-13H2,1-4H3,(H,25,37)(H,24,27,30). The number of rotatable bonds is 11. The Morgan fingerprint density at radius 2 is 1.95 bits per heavy atom. The number of hydrogen-bond donors (Lipinski definition) is 4. The van der Waals surface area contributed by atoms with Gasteiger partial charge in [-0.05, 0) is 51.6 Å². The summed E-state index contributed by atoms with van der Waals surface area (Å²) in [5.74, 6) is 0.00360. The van der Waals surface area contributed by atoms with Crippen LogP contribution in [0.25, 0.3) is 0 Å². The highest BCUT2D eigenvalue weighted by molar-refractivity contribution is 8.09. The molecule has 0 saturated carbocycles. The molecule has 1 fully saturated rings. The van der Waals surface area contributed by atoms with Crippen molar-refractivity contribution in [3.05, 3.63) is 63.4 Å². The summed E-state index contributed by atoms with van der Waals surface area (Å²) in [6.45, 7) is 2.88. The monoisotopic (exact) mass is 557 g/mol. The Bertz CT molecular complexity index is 1230. The van der Waals surface area contributed by atoms with Gasteiger partial charge in [-0.15, -0.1) is 0 Å². The Morgan fingerprint density at radius 1 is 1.27 bits per heavy atom. The van der Waals surface area contributed by atoms with Crippen molar-refractivity contribution in [3.8, 4) is 5.75 Å². The molecule has 0 bridgehead atoms. The van der Waals surface area contributed by atoms with Gasteiger partial charge < -0.3 is 28.7 Å². The van der Waals surface area contributed by atoms with Gasteiger partial charge in [0.05, 0.1) is 19.1 Å². The maximum Gasteiger partial charge on any atom is 0.330 e. The third-order valence-electron chi connectivity index (χ3n) is 5.45. The first-order valence-corrected chi connectivity index (χ1v) is 14.3. The van der Waals surface area contributed by atoms with Gasteiger partial charge in [-0.3, -0.25) is 19.1 Å². The molecule has 4 N–H and O–H groups in total. The smallest absolute Gasteiger partial charge is 0.330 e. The van der Waals surface area contributed by atoms with Crippen LogP contribution in [0.4, 0.5) is 0 Å². The zero-order valence-corrected chi connectivity index (χ0v) is 22.6. The summed E-state index contributed by atoms with van der Waals surface area (Å²) in [4.78, 5) is 37.9. The zero-order chi connectivity index (χ0) is 27.4. The number of H-pyrrole nitrogens is 1. The molecule has 0 aliphatic carbocycles. The molecule has 0 amide bonds.